The summed E-state index contributed by atoms with van der Waals surface area (Å²) in [6.45, 7) is 6.72. The molecule has 1 heterocycles. The molecule has 0 atom stereocenters. The van der Waals surface area contributed by atoms with Crippen molar-refractivity contribution in [2.24, 2.45) is 0 Å². The van der Waals surface area contributed by atoms with Crippen molar-refractivity contribution in [3.63, 3.8) is 0 Å². The van der Waals surface area contributed by atoms with E-state index in [2.05, 4.69) is 10.1 Å². The van der Waals surface area contributed by atoms with E-state index < -0.39 is 16.1 Å². The molecule has 19 heavy (non-hydrogen) atoms. The van der Waals surface area contributed by atoms with Gasteiger partial charge in [-0.15, -0.1) is 5.10 Å². The molecular formula is C10H19N5O3S. The third-order valence-electron chi connectivity index (χ3n) is 2.79. The van der Waals surface area contributed by atoms with E-state index in [0.29, 0.717) is 19.6 Å². The molecule has 9 heteroatoms. The molecule has 0 unspecified atom stereocenters. The second-order valence-electron chi connectivity index (χ2n) is 3.85. The van der Waals surface area contributed by atoms with Crippen LogP contribution in [0, 0.1) is 0 Å². The summed E-state index contributed by atoms with van der Waals surface area (Å²) in [6, 6.07) is -0.391. The summed E-state index contributed by atoms with van der Waals surface area (Å²) in [7, 11) is -2.29. The van der Waals surface area contributed by atoms with Crippen LogP contribution in [0.25, 0.3) is 0 Å². The molecule has 0 aliphatic rings. The molecule has 0 spiro atoms. The minimum absolute atomic E-state index is 0.306. The Morgan fingerprint density at radius 3 is 2.32 bits per heavy atom. The van der Waals surface area contributed by atoms with Crippen LogP contribution in [0.5, 0.6) is 0 Å². The van der Waals surface area contributed by atoms with Gasteiger partial charge in [0.15, 0.2) is 0 Å². The molecule has 0 aliphatic heterocycles. The lowest BCUT2D eigenvalue weighted by Gasteiger charge is -2.17. The zero-order valence-corrected chi connectivity index (χ0v) is 12.4. The maximum absolute atomic E-state index is 12.0. The molecule has 0 radical (unpaired) electrons. The molecule has 1 aromatic rings. The molecule has 1 rings (SSSR count). The first-order chi connectivity index (χ1) is 8.88. The Morgan fingerprint density at radius 2 is 1.84 bits per heavy atom. The van der Waals surface area contributed by atoms with E-state index in [1.54, 1.807) is 6.92 Å². The lowest BCUT2D eigenvalue weighted by atomic mass is 10.5. The Morgan fingerprint density at radius 1 is 1.26 bits per heavy atom. The van der Waals surface area contributed by atoms with Crippen LogP contribution in [0.1, 0.15) is 20.8 Å². The summed E-state index contributed by atoms with van der Waals surface area (Å²) in [4.78, 5) is 17.2. The molecule has 0 saturated heterocycles. The molecule has 0 aromatic carbocycles. The molecule has 108 valence electrons. The second-order valence-corrected chi connectivity index (χ2v) is 5.78. The third kappa shape index (κ3) is 3.10. The van der Waals surface area contributed by atoms with Gasteiger partial charge in [-0.3, -0.25) is 0 Å². The predicted molar refractivity (Wildman–Crippen MR) is 69.2 cm³/mol. The summed E-state index contributed by atoms with van der Waals surface area (Å²) >= 11 is 0. The summed E-state index contributed by atoms with van der Waals surface area (Å²) in [5.41, 5.74) is 0. The van der Waals surface area contributed by atoms with E-state index in [1.807, 2.05) is 13.8 Å². The lowest BCUT2D eigenvalue weighted by Crippen LogP contribution is -2.35. The quantitative estimate of drug-likeness (QED) is 0.774. The Balaban J connectivity index is 3.04. The Bertz CT molecular complexity index is 535. The van der Waals surface area contributed by atoms with Gasteiger partial charge in [-0.1, -0.05) is 6.92 Å². The molecule has 1 aromatic heterocycles. The van der Waals surface area contributed by atoms with E-state index in [4.69, 9.17) is 0 Å². The zero-order chi connectivity index (χ0) is 14.6. The first kappa shape index (κ1) is 15.6. The van der Waals surface area contributed by atoms with E-state index in [9.17, 15) is 13.2 Å². The normalized spacial score (nSPS) is 11.8. The number of sulfonamides is 1. The number of hydrogen-bond donors (Lipinski definition) is 0. The molecule has 1 amide bonds. The van der Waals surface area contributed by atoms with E-state index in [1.165, 1.54) is 11.9 Å². The number of carbonyl (C=O) groups excluding carboxylic acids is 1. The average molecular weight is 289 g/mol. The van der Waals surface area contributed by atoms with Crippen LogP contribution in [0.15, 0.2) is 11.5 Å². The van der Waals surface area contributed by atoms with Crippen molar-refractivity contribution in [1.82, 2.24) is 24.0 Å². The minimum Gasteiger partial charge on any atom is -0.323 e. The van der Waals surface area contributed by atoms with Crippen molar-refractivity contribution in [2.75, 3.05) is 26.7 Å². The average Bonchev–Trinajstić information content (AvgIpc) is 2.89. The first-order valence-electron chi connectivity index (χ1n) is 6.05. The molecular weight excluding hydrogens is 270 g/mol. The SMILES string of the molecule is CCN(CC)C(=O)n1cnc(S(=O)(=O)N(C)CC)n1. The Hall–Kier alpha value is -1.48. The van der Waals surface area contributed by atoms with Crippen LogP contribution in [0.4, 0.5) is 4.79 Å². The second kappa shape index (κ2) is 6.11. The number of hydrogen-bond acceptors (Lipinski definition) is 5. The van der Waals surface area contributed by atoms with E-state index in [0.717, 1.165) is 15.3 Å². The smallest absolute Gasteiger partial charge is 0.323 e. The molecule has 0 aliphatic carbocycles. The maximum atomic E-state index is 12.0. The highest BCUT2D eigenvalue weighted by atomic mass is 32.2. The van der Waals surface area contributed by atoms with Gasteiger partial charge < -0.3 is 4.90 Å². The van der Waals surface area contributed by atoms with Crippen molar-refractivity contribution in [3.05, 3.63) is 6.33 Å². The van der Waals surface area contributed by atoms with Crippen LogP contribution in [0.3, 0.4) is 0 Å². The highest BCUT2D eigenvalue weighted by Crippen LogP contribution is 2.08. The summed E-state index contributed by atoms with van der Waals surface area (Å²) in [6.07, 6.45) is 1.12. The topological polar surface area (TPSA) is 88.4 Å². The van der Waals surface area contributed by atoms with Gasteiger partial charge in [0.25, 0.3) is 15.2 Å². The van der Waals surface area contributed by atoms with Crippen LogP contribution >= 0.6 is 0 Å². The lowest BCUT2D eigenvalue weighted by molar-refractivity contribution is 0.201. The number of amides is 1. The Kier molecular flexibility index (Phi) is 5.01. The highest BCUT2D eigenvalue weighted by molar-refractivity contribution is 7.88. The van der Waals surface area contributed by atoms with Gasteiger partial charge in [0.1, 0.15) is 6.33 Å². The number of carbonyl (C=O) groups is 1. The minimum atomic E-state index is -3.72. The van der Waals surface area contributed by atoms with Gasteiger partial charge >= 0.3 is 6.03 Å². The first-order valence-corrected chi connectivity index (χ1v) is 7.49. The maximum Gasteiger partial charge on any atom is 0.346 e. The van der Waals surface area contributed by atoms with Gasteiger partial charge in [-0.05, 0) is 13.8 Å². The van der Waals surface area contributed by atoms with Crippen molar-refractivity contribution in [2.45, 2.75) is 25.9 Å². The predicted octanol–water partition coefficient (Wildman–Crippen LogP) is 0.228. The van der Waals surface area contributed by atoms with Gasteiger partial charge in [-0.25, -0.2) is 18.2 Å². The van der Waals surface area contributed by atoms with Crippen LogP contribution in [0.2, 0.25) is 0 Å². The molecule has 0 fully saturated rings. The van der Waals surface area contributed by atoms with Crippen LogP contribution in [-0.2, 0) is 10.0 Å². The fourth-order valence-electron chi connectivity index (χ4n) is 1.41. The summed E-state index contributed by atoms with van der Waals surface area (Å²) in [5, 5.41) is 3.39. The Labute approximate surface area is 113 Å². The standard InChI is InChI=1S/C10H19N5O3S/c1-5-13(4)19(17,18)9-11-8-15(12-9)10(16)14(6-2)7-3/h8H,5-7H2,1-4H3. The van der Waals surface area contributed by atoms with Crippen molar-refractivity contribution < 1.29 is 13.2 Å². The number of aromatic nitrogens is 3. The monoisotopic (exact) mass is 289 g/mol. The largest absolute Gasteiger partial charge is 0.346 e. The van der Waals surface area contributed by atoms with Crippen LogP contribution in [-0.4, -0.2) is 65.1 Å². The number of nitrogens with zero attached hydrogens (tertiary/aromatic N) is 5. The fraction of sp³-hybridized carbons (Fsp3) is 0.700. The van der Waals surface area contributed by atoms with Gasteiger partial charge in [0, 0.05) is 26.7 Å². The fourth-order valence-corrected chi connectivity index (χ4v) is 2.40. The van der Waals surface area contributed by atoms with Crippen molar-refractivity contribution >= 4 is 16.1 Å². The summed E-state index contributed by atoms with van der Waals surface area (Å²) < 4.78 is 26.0. The third-order valence-corrected chi connectivity index (χ3v) is 4.51. The summed E-state index contributed by atoms with van der Waals surface area (Å²) in [5.74, 6) is 0. The molecule has 0 bridgehead atoms. The molecule has 0 saturated carbocycles. The number of rotatable bonds is 5. The van der Waals surface area contributed by atoms with E-state index >= 15 is 0 Å². The zero-order valence-electron chi connectivity index (χ0n) is 11.6. The molecule has 8 nitrogen and oxygen atoms in total. The van der Waals surface area contributed by atoms with Gasteiger partial charge in [-0.2, -0.15) is 8.99 Å². The highest BCUT2D eigenvalue weighted by Gasteiger charge is 2.25. The van der Waals surface area contributed by atoms with Crippen molar-refractivity contribution in [3.8, 4) is 0 Å². The van der Waals surface area contributed by atoms with Gasteiger partial charge in [0.2, 0.25) is 0 Å². The van der Waals surface area contributed by atoms with E-state index in [-0.39, 0.29) is 5.16 Å². The van der Waals surface area contributed by atoms with Gasteiger partial charge in [0.05, 0.1) is 0 Å². The van der Waals surface area contributed by atoms with Crippen LogP contribution < -0.4 is 0 Å². The van der Waals surface area contributed by atoms with Crippen molar-refractivity contribution in [1.29, 1.82) is 0 Å². The molecule has 0 N–H and O–H groups in total.